The van der Waals surface area contributed by atoms with Crippen molar-refractivity contribution in [2.75, 3.05) is 10.3 Å². The Morgan fingerprint density at radius 3 is 2.53 bits per heavy atom. The van der Waals surface area contributed by atoms with E-state index in [1.165, 1.54) is 11.1 Å². The van der Waals surface area contributed by atoms with Crippen LogP contribution in [-0.2, 0) is 4.79 Å². The van der Waals surface area contributed by atoms with Crippen molar-refractivity contribution in [3.05, 3.63) is 53.2 Å². The number of phenols is 2. The molecule has 1 heterocycles. The molecule has 3 rings (SSSR count). The van der Waals surface area contributed by atoms with Gasteiger partial charge in [-0.25, -0.2) is 14.7 Å². The summed E-state index contributed by atoms with van der Waals surface area (Å²) in [4.78, 5) is 25.4. The van der Waals surface area contributed by atoms with Crippen LogP contribution in [0.1, 0.15) is 56.2 Å². The highest BCUT2D eigenvalue weighted by molar-refractivity contribution is 6.22. The summed E-state index contributed by atoms with van der Waals surface area (Å²) in [7, 11) is 0. The first kappa shape index (κ1) is 22.7. The number of hydrazine groups is 1. The lowest BCUT2D eigenvalue weighted by Crippen LogP contribution is -2.41. The second-order valence-corrected chi connectivity index (χ2v) is 7.82. The van der Waals surface area contributed by atoms with E-state index in [1.807, 2.05) is 20.8 Å². The van der Waals surface area contributed by atoms with Crippen molar-refractivity contribution >= 4 is 35.2 Å². The van der Waals surface area contributed by atoms with Crippen LogP contribution >= 0.6 is 0 Å². The molecule has 0 aromatic heterocycles. The SMILES string of the molecule is CCCC(=O)N1C=Cc2cc(N(C(=N)c3cc(C(C)C)c(O)cc3O)C(N)=O)ccc2N1. The van der Waals surface area contributed by atoms with E-state index in [1.54, 1.807) is 30.5 Å². The van der Waals surface area contributed by atoms with E-state index in [-0.39, 0.29) is 34.7 Å². The molecule has 0 aliphatic carbocycles. The van der Waals surface area contributed by atoms with E-state index >= 15 is 0 Å². The fourth-order valence-electron chi connectivity index (χ4n) is 3.46. The Labute approximate surface area is 186 Å². The molecule has 9 nitrogen and oxygen atoms in total. The smallest absolute Gasteiger partial charge is 0.325 e. The number of carbonyl (C=O) groups excluding carboxylic acids is 2. The summed E-state index contributed by atoms with van der Waals surface area (Å²) in [6, 6.07) is 6.65. The molecular formula is C23H27N5O4. The first-order valence-electron chi connectivity index (χ1n) is 10.3. The maximum Gasteiger partial charge on any atom is 0.325 e. The number of hydrogen-bond donors (Lipinski definition) is 5. The van der Waals surface area contributed by atoms with Crippen LogP contribution in [0.2, 0.25) is 0 Å². The Hall–Kier alpha value is -4.01. The lowest BCUT2D eigenvalue weighted by Gasteiger charge is -2.27. The molecule has 1 aliphatic rings. The molecule has 0 spiro atoms. The summed E-state index contributed by atoms with van der Waals surface area (Å²) in [6.07, 6.45) is 4.46. The highest BCUT2D eigenvalue weighted by atomic mass is 16.3. The number of amidine groups is 1. The highest BCUT2D eigenvalue weighted by Crippen LogP contribution is 2.34. The number of phenolic OH excluding ortho intramolecular Hbond substituents is 2. The number of aromatic hydroxyl groups is 2. The van der Waals surface area contributed by atoms with Gasteiger partial charge in [-0.1, -0.05) is 20.8 Å². The molecule has 0 atom stereocenters. The number of fused-ring (bicyclic) bond motifs is 1. The molecule has 0 unspecified atom stereocenters. The van der Waals surface area contributed by atoms with Crippen LogP contribution in [0.15, 0.2) is 36.5 Å². The lowest BCUT2D eigenvalue weighted by atomic mass is 9.98. The third-order valence-corrected chi connectivity index (χ3v) is 5.14. The molecule has 6 N–H and O–H groups in total. The minimum absolute atomic E-state index is 0.0630. The van der Waals surface area contributed by atoms with E-state index in [4.69, 9.17) is 11.1 Å². The lowest BCUT2D eigenvalue weighted by molar-refractivity contribution is -0.127. The molecule has 2 aromatic rings. The van der Waals surface area contributed by atoms with Gasteiger partial charge in [-0.3, -0.25) is 15.6 Å². The quantitative estimate of drug-likeness (QED) is 0.354. The minimum atomic E-state index is -0.902. The van der Waals surface area contributed by atoms with E-state index in [0.717, 1.165) is 17.4 Å². The molecule has 2 aromatic carbocycles. The molecule has 1 aliphatic heterocycles. The number of amides is 3. The number of nitrogens with one attached hydrogen (secondary N) is 2. The van der Waals surface area contributed by atoms with E-state index in [9.17, 15) is 19.8 Å². The second-order valence-electron chi connectivity index (χ2n) is 7.82. The van der Waals surface area contributed by atoms with Crippen molar-refractivity contribution in [1.29, 1.82) is 5.41 Å². The summed E-state index contributed by atoms with van der Waals surface area (Å²) >= 11 is 0. The van der Waals surface area contributed by atoms with Crippen molar-refractivity contribution in [3.63, 3.8) is 0 Å². The van der Waals surface area contributed by atoms with Crippen LogP contribution in [0.5, 0.6) is 11.5 Å². The van der Waals surface area contributed by atoms with Crippen molar-refractivity contribution < 1.29 is 19.8 Å². The van der Waals surface area contributed by atoms with Gasteiger partial charge in [0.05, 0.1) is 16.9 Å². The molecule has 0 radical (unpaired) electrons. The molecule has 32 heavy (non-hydrogen) atoms. The molecule has 168 valence electrons. The summed E-state index contributed by atoms with van der Waals surface area (Å²) < 4.78 is 0. The Morgan fingerprint density at radius 1 is 1.19 bits per heavy atom. The maximum atomic E-state index is 12.3. The van der Waals surface area contributed by atoms with Gasteiger partial charge in [-0.2, -0.15) is 0 Å². The summed E-state index contributed by atoms with van der Waals surface area (Å²) in [6.45, 7) is 5.65. The largest absolute Gasteiger partial charge is 0.508 e. The molecule has 0 saturated carbocycles. The van der Waals surface area contributed by atoms with Crippen LogP contribution in [0.25, 0.3) is 6.08 Å². The molecule has 0 fully saturated rings. The molecule has 9 heteroatoms. The number of carbonyl (C=O) groups is 2. The highest BCUT2D eigenvalue weighted by Gasteiger charge is 2.25. The standard InChI is InChI=1S/C23H27N5O4/c1-4-5-21(31)27-9-8-14-10-15(6-7-18(14)26-27)28(23(25)32)22(24)17-11-16(13(2)3)19(29)12-20(17)30/h6-13,24,26,29-30H,4-5H2,1-3H3,(H2,25,32). The van der Waals surface area contributed by atoms with Crippen LogP contribution in [0.4, 0.5) is 16.2 Å². The van der Waals surface area contributed by atoms with Crippen molar-refractivity contribution in [2.24, 2.45) is 5.73 Å². The van der Waals surface area contributed by atoms with E-state index < -0.39 is 6.03 Å². The first-order chi connectivity index (χ1) is 15.1. The van der Waals surface area contributed by atoms with Gasteiger partial charge in [0.1, 0.15) is 17.3 Å². The van der Waals surface area contributed by atoms with Crippen molar-refractivity contribution in [2.45, 2.75) is 39.5 Å². The van der Waals surface area contributed by atoms with E-state index in [0.29, 0.717) is 28.9 Å². The maximum absolute atomic E-state index is 12.3. The zero-order chi connectivity index (χ0) is 23.6. The molecule has 0 saturated heterocycles. The Bertz CT molecular complexity index is 1110. The average Bonchev–Trinajstić information content (AvgIpc) is 2.73. The third-order valence-electron chi connectivity index (χ3n) is 5.14. The topological polar surface area (TPSA) is 143 Å². The Kier molecular flexibility index (Phi) is 6.38. The van der Waals surface area contributed by atoms with Crippen LogP contribution in [0.3, 0.4) is 0 Å². The monoisotopic (exact) mass is 437 g/mol. The molecule has 0 bridgehead atoms. The van der Waals surface area contributed by atoms with Crippen LogP contribution in [-0.4, -0.2) is 33.0 Å². The zero-order valence-electron chi connectivity index (χ0n) is 18.2. The number of hydrogen-bond acceptors (Lipinski definition) is 6. The van der Waals surface area contributed by atoms with Gasteiger partial charge < -0.3 is 15.9 Å². The summed E-state index contributed by atoms with van der Waals surface area (Å²) in [5.74, 6) is -0.894. The van der Waals surface area contributed by atoms with Gasteiger partial charge in [0, 0.05) is 24.3 Å². The summed E-state index contributed by atoms with van der Waals surface area (Å²) in [5, 5.41) is 30.4. The zero-order valence-corrected chi connectivity index (χ0v) is 18.2. The average molecular weight is 438 g/mol. The number of rotatable bonds is 5. The number of benzene rings is 2. The Balaban J connectivity index is 1.97. The van der Waals surface area contributed by atoms with Gasteiger partial charge in [-0.05, 0) is 48.2 Å². The fraction of sp³-hybridized carbons (Fsp3) is 0.261. The predicted molar refractivity (Wildman–Crippen MR) is 124 cm³/mol. The number of urea groups is 1. The van der Waals surface area contributed by atoms with E-state index in [2.05, 4.69) is 5.43 Å². The van der Waals surface area contributed by atoms with Crippen LogP contribution < -0.4 is 16.1 Å². The minimum Gasteiger partial charge on any atom is -0.508 e. The van der Waals surface area contributed by atoms with Gasteiger partial charge in [0.2, 0.25) is 5.91 Å². The van der Waals surface area contributed by atoms with Gasteiger partial charge in [-0.15, -0.1) is 0 Å². The summed E-state index contributed by atoms with van der Waals surface area (Å²) in [5.41, 5.74) is 10.9. The first-order valence-corrected chi connectivity index (χ1v) is 10.3. The fourth-order valence-corrected chi connectivity index (χ4v) is 3.46. The predicted octanol–water partition coefficient (Wildman–Crippen LogP) is 4.07. The van der Waals surface area contributed by atoms with Gasteiger partial charge in [0.25, 0.3) is 0 Å². The number of nitrogens with zero attached hydrogens (tertiary/aromatic N) is 2. The second kappa shape index (κ2) is 9.01. The number of primary amides is 1. The van der Waals surface area contributed by atoms with Crippen molar-refractivity contribution in [1.82, 2.24) is 5.01 Å². The number of anilines is 2. The van der Waals surface area contributed by atoms with Gasteiger partial charge in [0.15, 0.2) is 0 Å². The Morgan fingerprint density at radius 2 is 1.91 bits per heavy atom. The van der Waals surface area contributed by atoms with Gasteiger partial charge >= 0.3 is 6.03 Å². The molecule has 3 amide bonds. The van der Waals surface area contributed by atoms with Crippen LogP contribution in [0, 0.1) is 5.41 Å². The van der Waals surface area contributed by atoms with Crippen molar-refractivity contribution in [3.8, 4) is 11.5 Å². The number of nitrogens with two attached hydrogens (primary N) is 1. The third kappa shape index (κ3) is 4.36. The molecular weight excluding hydrogens is 410 g/mol. The normalized spacial score (nSPS) is 12.3.